The maximum atomic E-state index is 11.8. The summed E-state index contributed by atoms with van der Waals surface area (Å²) < 4.78 is 5.57. The summed E-state index contributed by atoms with van der Waals surface area (Å²) in [5, 5.41) is 9.68. The molecule has 0 radical (unpaired) electrons. The average molecular weight is 252 g/mol. The van der Waals surface area contributed by atoms with Gasteiger partial charge in [-0.2, -0.15) is 0 Å². The molecule has 0 aromatic heterocycles. The van der Waals surface area contributed by atoms with Crippen LogP contribution < -0.4 is 0 Å². The van der Waals surface area contributed by atoms with Gasteiger partial charge in [-0.05, 0) is 62.2 Å². The Morgan fingerprint density at radius 3 is 2.00 bits per heavy atom. The molecule has 4 aliphatic carbocycles. The van der Waals surface area contributed by atoms with Gasteiger partial charge in [-0.1, -0.05) is 6.92 Å². The molecule has 0 aliphatic heterocycles. The maximum Gasteiger partial charge on any atom is 0.336 e. The lowest BCUT2D eigenvalue weighted by Gasteiger charge is -2.58. The predicted octanol–water partition coefficient (Wildman–Crippen LogP) is 2.94. The van der Waals surface area contributed by atoms with Crippen LogP contribution >= 0.6 is 0 Å². The monoisotopic (exact) mass is 252 g/mol. The van der Waals surface area contributed by atoms with E-state index in [9.17, 15) is 9.90 Å². The fraction of sp³-hybridized carbons (Fsp3) is 0.933. The number of carbonyl (C=O) groups is 1. The lowest BCUT2D eigenvalue weighted by atomic mass is 9.48. The highest BCUT2D eigenvalue weighted by Crippen LogP contribution is 2.60. The number of carboxylic acids is 1. The van der Waals surface area contributed by atoms with Gasteiger partial charge in [-0.25, -0.2) is 4.79 Å². The van der Waals surface area contributed by atoms with Gasteiger partial charge >= 0.3 is 5.97 Å². The Kier molecular flexibility index (Phi) is 2.92. The molecule has 3 heteroatoms. The first kappa shape index (κ1) is 12.5. The molecule has 4 saturated carbocycles. The first-order chi connectivity index (χ1) is 8.60. The van der Waals surface area contributed by atoms with Crippen molar-refractivity contribution in [2.75, 3.05) is 7.11 Å². The topological polar surface area (TPSA) is 46.5 Å². The second-order valence-corrected chi connectivity index (χ2v) is 6.71. The summed E-state index contributed by atoms with van der Waals surface area (Å²) in [6, 6.07) is 0. The smallest absolute Gasteiger partial charge is 0.336 e. The normalized spacial score (nSPS) is 44.9. The Morgan fingerprint density at radius 2 is 1.67 bits per heavy atom. The van der Waals surface area contributed by atoms with Gasteiger partial charge in [0.05, 0.1) is 0 Å². The van der Waals surface area contributed by atoms with E-state index in [1.165, 1.54) is 32.1 Å². The quantitative estimate of drug-likeness (QED) is 0.836. The van der Waals surface area contributed by atoms with E-state index in [1.807, 2.05) is 6.92 Å². The lowest BCUT2D eigenvalue weighted by molar-refractivity contribution is -0.194. The first-order valence-electron chi connectivity index (χ1n) is 7.39. The summed E-state index contributed by atoms with van der Waals surface area (Å²) in [6.45, 7) is 1.96. The van der Waals surface area contributed by atoms with Crippen molar-refractivity contribution in [3.05, 3.63) is 0 Å². The van der Waals surface area contributed by atoms with Crippen molar-refractivity contribution in [2.45, 2.75) is 51.0 Å². The van der Waals surface area contributed by atoms with E-state index in [0.717, 1.165) is 11.8 Å². The molecule has 4 aliphatic rings. The van der Waals surface area contributed by atoms with Crippen molar-refractivity contribution in [1.82, 2.24) is 0 Å². The third-order valence-corrected chi connectivity index (χ3v) is 6.02. The number of ether oxygens (including phenoxy) is 1. The summed E-state index contributed by atoms with van der Waals surface area (Å²) in [5.74, 6) is 2.45. The fourth-order valence-corrected chi connectivity index (χ4v) is 5.58. The summed E-state index contributed by atoms with van der Waals surface area (Å²) in [6.07, 6.45) is 6.98. The molecular weight excluding hydrogens is 228 g/mol. The molecule has 0 aromatic carbocycles. The Hall–Kier alpha value is -0.570. The Bertz CT molecular complexity index is 318. The molecule has 0 amide bonds. The zero-order valence-corrected chi connectivity index (χ0v) is 11.4. The molecule has 1 N–H and O–H groups in total. The van der Waals surface area contributed by atoms with Crippen LogP contribution in [0.4, 0.5) is 0 Å². The number of hydrogen-bond donors (Lipinski definition) is 1. The Labute approximate surface area is 109 Å². The molecule has 0 aromatic rings. The van der Waals surface area contributed by atoms with E-state index in [2.05, 4.69) is 0 Å². The minimum atomic E-state index is -0.928. The van der Waals surface area contributed by atoms with Crippen LogP contribution in [0.3, 0.4) is 0 Å². The summed E-state index contributed by atoms with van der Waals surface area (Å²) in [4.78, 5) is 11.8. The molecule has 4 rings (SSSR count). The zero-order valence-electron chi connectivity index (χ0n) is 11.4. The van der Waals surface area contributed by atoms with Crippen molar-refractivity contribution < 1.29 is 14.6 Å². The summed E-state index contributed by atoms with van der Waals surface area (Å²) in [5.41, 5.74) is -0.928. The zero-order chi connectivity index (χ0) is 12.9. The van der Waals surface area contributed by atoms with E-state index in [0.29, 0.717) is 18.3 Å². The van der Waals surface area contributed by atoms with Crippen LogP contribution in [-0.2, 0) is 9.53 Å². The molecule has 18 heavy (non-hydrogen) atoms. The number of carboxylic acid groups (broad SMARTS) is 1. The van der Waals surface area contributed by atoms with Crippen molar-refractivity contribution in [3.63, 3.8) is 0 Å². The molecule has 4 fully saturated rings. The van der Waals surface area contributed by atoms with Crippen LogP contribution in [0.15, 0.2) is 0 Å². The Balaban J connectivity index is 1.93. The highest BCUT2D eigenvalue weighted by Gasteiger charge is 2.58. The Morgan fingerprint density at radius 1 is 1.17 bits per heavy atom. The van der Waals surface area contributed by atoms with Gasteiger partial charge in [0.2, 0.25) is 0 Å². The highest BCUT2D eigenvalue weighted by atomic mass is 16.5. The van der Waals surface area contributed by atoms with Crippen LogP contribution in [0.2, 0.25) is 0 Å². The van der Waals surface area contributed by atoms with Gasteiger partial charge in [0.25, 0.3) is 0 Å². The van der Waals surface area contributed by atoms with Crippen molar-refractivity contribution in [2.24, 2.45) is 29.6 Å². The molecule has 0 heterocycles. The lowest BCUT2D eigenvalue weighted by Crippen LogP contribution is -2.59. The SMILES string of the molecule is CCC(OC)(C(=O)O)C1C2CC3CC(C2)CC1C3. The minimum absolute atomic E-state index is 0.248. The van der Waals surface area contributed by atoms with Gasteiger partial charge in [0.1, 0.15) is 0 Å². The van der Waals surface area contributed by atoms with Crippen molar-refractivity contribution in [1.29, 1.82) is 0 Å². The van der Waals surface area contributed by atoms with Crippen LogP contribution in [0, 0.1) is 29.6 Å². The summed E-state index contributed by atoms with van der Waals surface area (Å²) in [7, 11) is 1.59. The molecule has 4 bridgehead atoms. The molecule has 3 nitrogen and oxygen atoms in total. The number of rotatable bonds is 4. The second-order valence-electron chi connectivity index (χ2n) is 6.71. The van der Waals surface area contributed by atoms with Gasteiger partial charge in [-0.3, -0.25) is 0 Å². The van der Waals surface area contributed by atoms with Crippen LogP contribution in [0.25, 0.3) is 0 Å². The maximum absolute atomic E-state index is 11.8. The largest absolute Gasteiger partial charge is 0.479 e. The van der Waals surface area contributed by atoms with Crippen LogP contribution in [0.1, 0.15) is 45.4 Å². The number of hydrogen-bond acceptors (Lipinski definition) is 2. The summed E-state index contributed by atoms with van der Waals surface area (Å²) >= 11 is 0. The van der Waals surface area contributed by atoms with E-state index < -0.39 is 11.6 Å². The van der Waals surface area contributed by atoms with Gasteiger partial charge in [-0.15, -0.1) is 0 Å². The van der Waals surface area contributed by atoms with Crippen LogP contribution in [-0.4, -0.2) is 23.8 Å². The fourth-order valence-electron chi connectivity index (χ4n) is 5.58. The van der Waals surface area contributed by atoms with E-state index in [-0.39, 0.29) is 5.92 Å². The average Bonchev–Trinajstić information content (AvgIpc) is 2.32. The van der Waals surface area contributed by atoms with Crippen molar-refractivity contribution >= 4 is 5.97 Å². The third kappa shape index (κ3) is 1.56. The highest BCUT2D eigenvalue weighted by molar-refractivity contribution is 5.78. The molecule has 0 spiro atoms. The third-order valence-electron chi connectivity index (χ3n) is 6.02. The predicted molar refractivity (Wildman–Crippen MR) is 68.2 cm³/mol. The van der Waals surface area contributed by atoms with Gasteiger partial charge in [0.15, 0.2) is 5.60 Å². The van der Waals surface area contributed by atoms with E-state index >= 15 is 0 Å². The molecule has 1 unspecified atom stereocenters. The standard InChI is InChI=1S/C15H24O3/c1-3-15(18-2,14(16)17)13-11-5-9-4-10(7-11)8-12(13)6-9/h9-13H,3-8H2,1-2H3,(H,16,17). The van der Waals surface area contributed by atoms with Gasteiger partial charge < -0.3 is 9.84 Å². The molecule has 0 saturated heterocycles. The van der Waals surface area contributed by atoms with Crippen LogP contribution in [0.5, 0.6) is 0 Å². The first-order valence-corrected chi connectivity index (χ1v) is 7.39. The van der Waals surface area contributed by atoms with Crippen molar-refractivity contribution in [3.8, 4) is 0 Å². The van der Waals surface area contributed by atoms with E-state index in [1.54, 1.807) is 7.11 Å². The molecule has 102 valence electrons. The van der Waals surface area contributed by atoms with E-state index in [4.69, 9.17) is 4.74 Å². The molecule has 1 atom stereocenters. The molecular formula is C15H24O3. The number of methoxy groups -OCH3 is 1. The second kappa shape index (κ2) is 4.22. The number of aliphatic carboxylic acids is 1. The minimum Gasteiger partial charge on any atom is -0.479 e. The van der Waals surface area contributed by atoms with Gasteiger partial charge in [0, 0.05) is 13.0 Å².